The molecule has 10 nitrogen and oxygen atoms in total. The SMILES string of the molecule is C/C(CNC1CCC(=O)NC1=O)=C(/C)N1CC(OC(C)CN(c2ccc(C3(C#N)CC3)cc2)c2cc(-c3c(C)noc3C)ccc2C)C1. The lowest BCUT2D eigenvalue weighted by molar-refractivity contribution is -0.134. The van der Waals surface area contributed by atoms with Crippen molar-refractivity contribution in [1.29, 1.82) is 5.26 Å². The molecule has 2 saturated heterocycles. The Balaban J connectivity index is 1.14. The fourth-order valence-electron chi connectivity index (χ4n) is 6.83. The minimum atomic E-state index is -0.340. The molecule has 2 unspecified atom stereocenters. The highest BCUT2D eigenvalue weighted by Crippen LogP contribution is 2.48. The quantitative estimate of drug-likeness (QED) is 0.236. The van der Waals surface area contributed by atoms with Crippen molar-refractivity contribution in [2.24, 2.45) is 0 Å². The van der Waals surface area contributed by atoms with E-state index in [1.807, 2.05) is 13.8 Å². The number of carbonyl (C=O) groups is 2. The van der Waals surface area contributed by atoms with E-state index in [0.29, 0.717) is 25.9 Å². The smallest absolute Gasteiger partial charge is 0.243 e. The number of anilines is 2. The second kappa shape index (κ2) is 13.6. The van der Waals surface area contributed by atoms with Crippen molar-refractivity contribution in [2.45, 2.75) is 90.9 Å². The Morgan fingerprint density at radius 1 is 1.17 bits per heavy atom. The van der Waals surface area contributed by atoms with Crippen LogP contribution >= 0.6 is 0 Å². The van der Waals surface area contributed by atoms with Gasteiger partial charge in [0.1, 0.15) is 5.76 Å². The number of nitrogens with zero attached hydrogens (tertiary/aromatic N) is 4. The molecule has 3 fully saturated rings. The number of piperidine rings is 1. The third kappa shape index (κ3) is 6.89. The predicted molar refractivity (Wildman–Crippen MR) is 185 cm³/mol. The Morgan fingerprint density at radius 2 is 1.90 bits per heavy atom. The van der Waals surface area contributed by atoms with Gasteiger partial charge in [0, 0.05) is 55.2 Å². The zero-order valence-corrected chi connectivity index (χ0v) is 28.9. The van der Waals surface area contributed by atoms with Crippen LogP contribution in [0.2, 0.25) is 0 Å². The van der Waals surface area contributed by atoms with E-state index in [9.17, 15) is 14.9 Å². The number of benzene rings is 2. The third-order valence-corrected chi connectivity index (χ3v) is 10.2. The van der Waals surface area contributed by atoms with Crippen LogP contribution in [0.4, 0.5) is 11.4 Å². The van der Waals surface area contributed by atoms with Crippen LogP contribution in [0.5, 0.6) is 0 Å². The maximum absolute atomic E-state index is 12.1. The lowest BCUT2D eigenvalue weighted by Crippen LogP contribution is -2.53. The molecule has 0 spiro atoms. The van der Waals surface area contributed by atoms with Gasteiger partial charge in [-0.3, -0.25) is 14.9 Å². The molecular formula is C38H46N6O4. The van der Waals surface area contributed by atoms with Crippen LogP contribution in [0.1, 0.15) is 69.0 Å². The summed E-state index contributed by atoms with van der Waals surface area (Å²) < 4.78 is 12.1. The first-order valence-electron chi connectivity index (χ1n) is 16.9. The maximum atomic E-state index is 12.1. The molecule has 252 valence electrons. The third-order valence-electron chi connectivity index (χ3n) is 10.2. The maximum Gasteiger partial charge on any atom is 0.243 e. The van der Waals surface area contributed by atoms with Crippen molar-refractivity contribution in [1.82, 2.24) is 20.7 Å². The molecule has 1 saturated carbocycles. The van der Waals surface area contributed by atoms with E-state index in [4.69, 9.17) is 9.26 Å². The summed E-state index contributed by atoms with van der Waals surface area (Å²) in [6.45, 7) is 15.2. The van der Waals surface area contributed by atoms with E-state index in [-0.39, 0.29) is 35.5 Å². The van der Waals surface area contributed by atoms with Crippen molar-refractivity contribution in [3.8, 4) is 17.2 Å². The van der Waals surface area contributed by atoms with Crippen LogP contribution in [-0.2, 0) is 19.7 Å². The Morgan fingerprint density at radius 3 is 2.52 bits per heavy atom. The van der Waals surface area contributed by atoms with Crippen molar-refractivity contribution in [2.75, 3.05) is 31.1 Å². The number of hydrogen-bond acceptors (Lipinski definition) is 9. The Labute approximate surface area is 283 Å². The number of aryl methyl sites for hydroxylation is 3. The highest BCUT2D eigenvalue weighted by Gasteiger charge is 2.44. The summed E-state index contributed by atoms with van der Waals surface area (Å²) >= 11 is 0. The van der Waals surface area contributed by atoms with Gasteiger partial charge >= 0.3 is 0 Å². The second-order valence-electron chi connectivity index (χ2n) is 13.8. The van der Waals surface area contributed by atoms with Gasteiger partial charge < -0.3 is 24.4 Å². The standard InChI is InChI=1S/C38H46N6O4/c1-23-7-8-29(36-26(4)42-48-28(36)6)17-34(23)44(31-11-9-30(10-12-31)38(22-39)15-16-38)19-25(3)47-32-20-43(21-32)27(5)24(2)18-40-33-13-14-35(45)41-37(33)46/h7-12,17,25,32-33,40H,13-16,18-21H2,1-6H3,(H,41,45,46)/b27-24+. The highest BCUT2D eigenvalue weighted by atomic mass is 16.5. The average molecular weight is 651 g/mol. The highest BCUT2D eigenvalue weighted by molar-refractivity contribution is 6.00. The molecule has 2 atom stereocenters. The zero-order valence-electron chi connectivity index (χ0n) is 28.9. The number of ether oxygens (including phenoxy) is 1. The van der Waals surface area contributed by atoms with Crippen LogP contribution in [0.15, 0.2) is 58.3 Å². The molecule has 3 heterocycles. The van der Waals surface area contributed by atoms with Gasteiger partial charge in [0.15, 0.2) is 0 Å². The number of nitrogens with one attached hydrogen (secondary N) is 2. The summed E-state index contributed by atoms with van der Waals surface area (Å²) in [6.07, 6.45) is 2.77. The molecule has 0 bridgehead atoms. The normalized spacial score (nSPS) is 20.0. The first-order chi connectivity index (χ1) is 23.0. The van der Waals surface area contributed by atoms with E-state index < -0.39 is 0 Å². The van der Waals surface area contributed by atoms with Gasteiger partial charge in [0.25, 0.3) is 0 Å². The van der Waals surface area contributed by atoms with Crippen LogP contribution in [-0.4, -0.2) is 66.3 Å². The largest absolute Gasteiger partial charge is 0.370 e. The van der Waals surface area contributed by atoms with Crippen molar-refractivity contribution in [3.05, 3.63) is 76.3 Å². The van der Waals surface area contributed by atoms with Crippen LogP contribution in [0.3, 0.4) is 0 Å². The monoisotopic (exact) mass is 650 g/mol. The average Bonchev–Trinajstić information content (AvgIpc) is 3.78. The van der Waals surface area contributed by atoms with Crippen LogP contribution in [0, 0.1) is 32.1 Å². The first kappa shape index (κ1) is 33.4. The van der Waals surface area contributed by atoms with Crippen LogP contribution < -0.4 is 15.5 Å². The van der Waals surface area contributed by atoms with E-state index in [0.717, 1.165) is 71.0 Å². The minimum absolute atomic E-state index is 0.0626. The van der Waals surface area contributed by atoms with E-state index in [1.165, 1.54) is 11.3 Å². The van der Waals surface area contributed by atoms with E-state index in [2.05, 4.69) is 102 Å². The van der Waals surface area contributed by atoms with Crippen molar-refractivity contribution in [3.63, 3.8) is 0 Å². The lowest BCUT2D eigenvalue weighted by atomic mass is 9.97. The summed E-state index contributed by atoms with van der Waals surface area (Å²) in [5.41, 5.74) is 9.32. The number of nitriles is 1. The fraction of sp³-hybridized carbons (Fsp3) is 0.474. The van der Waals surface area contributed by atoms with E-state index >= 15 is 0 Å². The molecule has 6 rings (SSSR count). The molecule has 1 aromatic heterocycles. The molecule has 1 aliphatic carbocycles. The molecule has 2 aliphatic heterocycles. The van der Waals surface area contributed by atoms with Crippen molar-refractivity contribution < 1.29 is 18.8 Å². The molecule has 48 heavy (non-hydrogen) atoms. The number of carbonyl (C=O) groups excluding carboxylic acids is 2. The predicted octanol–water partition coefficient (Wildman–Crippen LogP) is 5.74. The van der Waals surface area contributed by atoms with Gasteiger partial charge in [-0.25, -0.2) is 0 Å². The first-order valence-corrected chi connectivity index (χ1v) is 16.9. The molecule has 10 heteroatoms. The summed E-state index contributed by atoms with van der Waals surface area (Å²) in [4.78, 5) is 28.2. The number of imide groups is 1. The summed E-state index contributed by atoms with van der Waals surface area (Å²) in [5.74, 6) is 0.348. The summed E-state index contributed by atoms with van der Waals surface area (Å²) in [5, 5.41) is 19.7. The van der Waals surface area contributed by atoms with Crippen LogP contribution in [0.25, 0.3) is 11.1 Å². The summed E-state index contributed by atoms with van der Waals surface area (Å²) in [7, 11) is 0. The number of amides is 2. The van der Waals surface area contributed by atoms with E-state index in [1.54, 1.807) is 0 Å². The molecule has 3 aromatic rings. The number of hydrogen-bond donors (Lipinski definition) is 2. The molecule has 2 amide bonds. The number of allylic oxidation sites excluding steroid dienone is 1. The lowest BCUT2D eigenvalue weighted by Gasteiger charge is -2.43. The zero-order chi connectivity index (χ0) is 34.2. The molecule has 3 aliphatic rings. The van der Waals surface area contributed by atoms with Gasteiger partial charge in [0.2, 0.25) is 11.8 Å². The molecule has 0 radical (unpaired) electrons. The molecule has 2 N–H and O–H groups in total. The Hall–Kier alpha value is -4.46. The van der Waals surface area contributed by atoms with Gasteiger partial charge in [-0.2, -0.15) is 5.26 Å². The number of aromatic nitrogens is 1. The topological polar surface area (TPSA) is 124 Å². The Kier molecular flexibility index (Phi) is 9.46. The number of likely N-dealkylation sites (tertiary alicyclic amines) is 1. The second-order valence-corrected chi connectivity index (χ2v) is 13.8. The summed E-state index contributed by atoms with van der Waals surface area (Å²) in [6, 6.07) is 17.1. The van der Waals surface area contributed by atoms with Gasteiger partial charge in [-0.05, 0) is 101 Å². The van der Waals surface area contributed by atoms with Gasteiger partial charge in [-0.1, -0.05) is 29.4 Å². The fourth-order valence-corrected chi connectivity index (χ4v) is 6.83. The molecule has 2 aromatic carbocycles. The minimum Gasteiger partial charge on any atom is -0.370 e. The Bertz CT molecular complexity index is 1740. The molecular weight excluding hydrogens is 604 g/mol. The number of rotatable bonds is 12. The van der Waals surface area contributed by atoms with Gasteiger partial charge in [-0.15, -0.1) is 0 Å². The van der Waals surface area contributed by atoms with Crippen molar-refractivity contribution >= 4 is 23.2 Å². The van der Waals surface area contributed by atoms with Gasteiger partial charge in [0.05, 0.1) is 35.4 Å².